The predicted octanol–water partition coefficient (Wildman–Crippen LogP) is 1.86. The topological polar surface area (TPSA) is 107 Å². The second kappa shape index (κ2) is 10.1. The lowest BCUT2D eigenvalue weighted by Gasteiger charge is -2.11. The second-order valence-electron chi connectivity index (χ2n) is 5.04. The number of esters is 1. The molecule has 0 aliphatic rings. The summed E-state index contributed by atoms with van der Waals surface area (Å²) in [6.07, 6.45) is -0.757. The quantitative estimate of drug-likeness (QED) is 0.418. The van der Waals surface area contributed by atoms with E-state index in [0.717, 1.165) is 0 Å². The molecule has 4 N–H and O–H groups in total. The number of carbonyl (C=O) groups excluding carboxylic acids is 1. The molecule has 0 bridgehead atoms. The van der Waals surface area contributed by atoms with Gasteiger partial charge in [-0.2, -0.15) is 0 Å². The molecule has 0 aliphatic heterocycles. The van der Waals surface area contributed by atoms with Crippen LogP contribution < -0.4 is 0 Å². The molecule has 6 nitrogen and oxygen atoms in total. The predicted molar refractivity (Wildman–Crippen MR) is 88.6 cm³/mol. The highest BCUT2D eigenvalue weighted by atomic mass is 35.5. The van der Waals surface area contributed by atoms with Crippen molar-refractivity contribution in [3.05, 3.63) is 46.2 Å². The van der Waals surface area contributed by atoms with Gasteiger partial charge in [0.1, 0.15) is 5.75 Å². The Morgan fingerprint density at radius 1 is 1.42 bits per heavy atom. The highest BCUT2D eigenvalue weighted by molar-refractivity contribution is 6.31. The van der Waals surface area contributed by atoms with Crippen LogP contribution in [0.2, 0.25) is 5.02 Å². The van der Waals surface area contributed by atoms with E-state index < -0.39 is 18.2 Å². The molecule has 0 amide bonds. The molecule has 0 radical (unpaired) electrons. The van der Waals surface area contributed by atoms with Crippen molar-refractivity contribution in [1.29, 1.82) is 0 Å². The molecule has 7 heteroatoms. The van der Waals surface area contributed by atoms with E-state index in [0.29, 0.717) is 11.1 Å². The summed E-state index contributed by atoms with van der Waals surface area (Å²) in [5, 5.41) is 38.5. The van der Waals surface area contributed by atoms with E-state index >= 15 is 0 Å². The molecule has 2 atom stereocenters. The molecular formula is C17H21ClO6. The van der Waals surface area contributed by atoms with Crippen molar-refractivity contribution >= 4 is 17.6 Å². The number of aliphatic hydroxyl groups excluding tert-OH is 3. The molecule has 1 aromatic carbocycles. The lowest BCUT2D eigenvalue weighted by Crippen LogP contribution is -2.23. The first-order chi connectivity index (χ1) is 11.4. The van der Waals surface area contributed by atoms with Crippen molar-refractivity contribution in [1.82, 2.24) is 0 Å². The number of aromatic hydroxyl groups is 1. The minimum absolute atomic E-state index is 0.00177. The van der Waals surface area contributed by atoms with Gasteiger partial charge in [0.2, 0.25) is 0 Å². The largest absolute Gasteiger partial charge is 0.508 e. The van der Waals surface area contributed by atoms with Gasteiger partial charge < -0.3 is 25.2 Å². The SMILES string of the molecule is CCOC(=O)[C@H](O)CC(=C=CC[C@@H](O)c1ccc(O)cc1Cl)CO. The molecule has 0 spiro atoms. The van der Waals surface area contributed by atoms with E-state index in [4.69, 9.17) is 11.6 Å². The van der Waals surface area contributed by atoms with Crippen LogP contribution >= 0.6 is 11.6 Å². The Hall–Kier alpha value is -1.82. The number of benzene rings is 1. The summed E-state index contributed by atoms with van der Waals surface area (Å²) in [4.78, 5) is 11.3. The van der Waals surface area contributed by atoms with Crippen LogP contribution in [-0.2, 0) is 9.53 Å². The monoisotopic (exact) mass is 356 g/mol. The number of phenolic OH excluding ortho intramolecular Hbond substituents is 1. The lowest BCUT2D eigenvalue weighted by atomic mass is 10.1. The minimum Gasteiger partial charge on any atom is -0.508 e. The Balaban J connectivity index is 2.72. The number of hydrogen-bond acceptors (Lipinski definition) is 6. The number of carbonyl (C=O) groups is 1. The molecule has 0 aliphatic carbocycles. The molecule has 0 saturated carbocycles. The third-order valence-corrected chi connectivity index (χ3v) is 3.51. The fourth-order valence-electron chi connectivity index (χ4n) is 1.95. The highest BCUT2D eigenvalue weighted by Gasteiger charge is 2.17. The number of ether oxygens (including phenoxy) is 1. The van der Waals surface area contributed by atoms with Crippen LogP contribution in [-0.4, -0.2) is 45.7 Å². The average Bonchev–Trinajstić information content (AvgIpc) is 2.53. The second-order valence-corrected chi connectivity index (χ2v) is 5.45. The van der Waals surface area contributed by atoms with Crippen LogP contribution in [0.1, 0.15) is 31.4 Å². The van der Waals surface area contributed by atoms with Crippen molar-refractivity contribution < 1.29 is 30.0 Å². The van der Waals surface area contributed by atoms with Crippen molar-refractivity contribution in [2.75, 3.05) is 13.2 Å². The Bertz CT molecular complexity index is 622. The van der Waals surface area contributed by atoms with Crippen molar-refractivity contribution in [2.45, 2.75) is 32.0 Å². The van der Waals surface area contributed by atoms with Gasteiger partial charge in [-0.15, -0.1) is 5.73 Å². The van der Waals surface area contributed by atoms with Crippen molar-refractivity contribution in [2.24, 2.45) is 0 Å². The van der Waals surface area contributed by atoms with Crippen LogP contribution in [0.15, 0.2) is 35.6 Å². The minimum atomic E-state index is -1.37. The first-order valence-electron chi connectivity index (χ1n) is 7.44. The smallest absolute Gasteiger partial charge is 0.335 e. The zero-order valence-corrected chi connectivity index (χ0v) is 14.0. The van der Waals surface area contributed by atoms with Gasteiger partial charge in [-0.1, -0.05) is 17.7 Å². The highest BCUT2D eigenvalue weighted by Crippen LogP contribution is 2.28. The molecule has 1 rings (SSSR count). The molecule has 24 heavy (non-hydrogen) atoms. The molecule has 0 saturated heterocycles. The first-order valence-corrected chi connectivity index (χ1v) is 7.81. The van der Waals surface area contributed by atoms with E-state index in [-0.39, 0.29) is 36.8 Å². The molecule has 0 unspecified atom stereocenters. The average molecular weight is 357 g/mol. The van der Waals surface area contributed by atoms with Crippen LogP contribution in [0.4, 0.5) is 0 Å². The van der Waals surface area contributed by atoms with Gasteiger partial charge in [0, 0.05) is 12.8 Å². The zero-order chi connectivity index (χ0) is 18.1. The van der Waals surface area contributed by atoms with Gasteiger partial charge in [0.25, 0.3) is 0 Å². The van der Waals surface area contributed by atoms with Gasteiger partial charge in [0.05, 0.1) is 24.3 Å². The van der Waals surface area contributed by atoms with Crippen LogP contribution in [0, 0.1) is 0 Å². The number of phenols is 1. The number of aliphatic hydroxyl groups is 3. The number of hydrogen-bond donors (Lipinski definition) is 4. The molecule has 1 aromatic rings. The van der Waals surface area contributed by atoms with E-state index in [1.807, 2.05) is 0 Å². The fraction of sp³-hybridized carbons (Fsp3) is 0.412. The summed E-state index contributed by atoms with van der Waals surface area (Å²) in [5.74, 6) is -0.761. The summed E-state index contributed by atoms with van der Waals surface area (Å²) >= 11 is 5.94. The van der Waals surface area contributed by atoms with Gasteiger partial charge in [-0.3, -0.25) is 0 Å². The summed E-state index contributed by atoms with van der Waals surface area (Å²) in [5.41, 5.74) is 3.50. The van der Waals surface area contributed by atoms with E-state index in [1.165, 1.54) is 24.3 Å². The number of halogens is 1. The van der Waals surface area contributed by atoms with Crippen molar-refractivity contribution in [3.63, 3.8) is 0 Å². The fourth-order valence-corrected chi connectivity index (χ4v) is 2.25. The van der Waals surface area contributed by atoms with E-state index in [2.05, 4.69) is 10.5 Å². The Labute approximate surface area is 145 Å². The third-order valence-electron chi connectivity index (χ3n) is 3.18. The van der Waals surface area contributed by atoms with Gasteiger partial charge >= 0.3 is 5.97 Å². The van der Waals surface area contributed by atoms with Crippen LogP contribution in [0.5, 0.6) is 5.75 Å². The van der Waals surface area contributed by atoms with Crippen LogP contribution in [0.25, 0.3) is 0 Å². The molecule has 132 valence electrons. The van der Waals surface area contributed by atoms with Crippen LogP contribution in [0.3, 0.4) is 0 Å². The van der Waals surface area contributed by atoms with Gasteiger partial charge in [-0.25, -0.2) is 4.79 Å². The standard InChI is InChI=1S/C17H21ClO6/c1-2-24-17(23)16(22)8-11(10-19)4-3-5-15(21)13-7-6-12(20)9-14(13)18/h3,6-7,9,15-16,19-22H,2,5,8,10H2,1H3/t4?,15-,16-/m1/s1. The zero-order valence-electron chi connectivity index (χ0n) is 13.3. The summed E-state index contributed by atoms with van der Waals surface area (Å²) in [6, 6.07) is 4.25. The van der Waals surface area contributed by atoms with Crippen molar-refractivity contribution in [3.8, 4) is 5.75 Å². The maximum atomic E-state index is 11.3. The normalized spacial score (nSPS) is 12.9. The van der Waals surface area contributed by atoms with E-state index in [9.17, 15) is 25.2 Å². The summed E-state index contributed by atoms with van der Waals surface area (Å²) in [6.45, 7) is 1.40. The number of rotatable bonds is 8. The molecular weight excluding hydrogens is 336 g/mol. The molecule has 0 aromatic heterocycles. The Morgan fingerprint density at radius 3 is 2.71 bits per heavy atom. The molecule has 0 heterocycles. The Kier molecular flexibility index (Phi) is 8.54. The van der Waals surface area contributed by atoms with Gasteiger partial charge in [-0.05, 0) is 36.3 Å². The summed E-state index contributed by atoms with van der Waals surface area (Å²) in [7, 11) is 0. The van der Waals surface area contributed by atoms with Gasteiger partial charge in [0.15, 0.2) is 6.10 Å². The third kappa shape index (κ3) is 6.35. The summed E-state index contributed by atoms with van der Waals surface area (Å²) < 4.78 is 4.68. The van der Waals surface area contributed by atoms with E-state index in [1.54, 1.807) is 6.92 Å². The lowest BCUT2D eigenvalue weighted by molar-refractivity contribution is -0.152. The Morgan fingerprint density at radius 2 is 2.12 bits per heavy atom. The maximum Gasteiger partial charge on any atom is 0.335 e. The maximum absolute atomic E-state index is 11.3. The first kappa shape index (κ1) is 20.2. The molecule has 0 fully saturated rings.